The van der Waals surface area contributed by atoms with E-state index in [1.54, 1.807) is 19.9 Å². The van der Waals surface area contributed by atoms with Crippen LogP contribution in [-0.4, -0.2) is 24.2 Å². The summed E-state index contributed by atoms with van der Waals surface area (Å²) in [5, 5.41) is 9.10. The number of hydrogen-bond donors (Lipinski definition) is 1. The molecule has 1 saturated heterocycles. The van der Waals surface area contributed by atoms with Gasteiger partial charge in [0.1, 0.15) is 5.82 Å². The maximum Gasteiger partial charge on any atom is 0.309 e. The maximum absolute atomic E-state index is 14.1. The van der Waals surface area contributed by atoms with E-state index >= 15 is 0 Å². The Morgan fingerprint density at radius 3 is 2.53 bits per heavy atom. The number of rotatable bonds is 4. The van der Waals surface area contributed by atoms with Crippen molar-refractivity contribution in [3.8, 4) is 0 Å². The first kappa shape index (κ1) is 13.8. The van der Waals surface area contributed by atoms with Crippen LogP contribution in [0.25, 0.3) is 0 Å². The average molecular weight is 265 g/mol. The number of carbonyl (C=O) groups is 1. The van der Waals surface area contributed by atoms with Crippen molar-refractivity contribution in [1.82, 2.24) is 0 Å². The zero-order valence-corrected chi connectivity index (χ0v) is 11.4. The molecule has 0 radical (unpaired) electrons. The van der Waals surface area contributed by atoms with Crippen molar-refractivity contribution in [1.29, 1.82) is 0 Å². The fraction of sp³-hybridized carbons (Fsp3) is 0.533. The third kappa shape index (κ3) is 3.06. The number of hydrogen-bond acceptors (Lipinski definition) is 2. The van der Waals surface area contributed by atoms with Gasteiger partial charge in [0, 0.05) is 13.1 Å². The molecule has 2 rings (SSSR count). The zero-order valence-electron chi connectivity index (χ0n) is 11.4. The fourth-order valence-electron chi connectivity index (χ4n) is 2.46. The molecule has 1 aliphatic heterocycles. The summed E-state index contributed by atoms with van der Waals surface area (Å²) < 4.78 is 14.1. The Labute approximate surface area is 113 Å². The maximum atomic E-state index is 14.1. The minimum atomic E-state index is -0.873. The second kappa shape index (κ2) is 5.19. The quantitative estimate of drug-likeness (QED) is 0.909. The van der Waals surface area contributed by atoms with Crippen molar-refractivity contribution in [2.75, 3.05) is 18.0 Å². The summed E-state index contributed by atoms with van der Waals surface area (Å²) >= 11 is 0. The molecule has 0 amide bonds. The topological polar surface area (TPSA) is 40.5 Å². The smallest absolute Gasteiger partial charge is 0.309 e. The molecule has 0 spiro atoms. The van der Waals surface area contributed by atoms with Gasteiger partial charge in [0.2, 0.25) is 0 Å². The van der Waals surface area contributed by atoms with Crippen molar-refractivity contribution >= 4 is 11.7 Å². The molecule has 0 aliphatic carbocycles. The normalized spacial score (nSPS) is 15.8. The van der Waals surface area contributed by atoms with Crippen LogP contribution in [-0.2, 0) is 11.2 Å². The van der Waals surface area contributed by atoms with Crippen molar-refractivity contribution in [2.24, 2.45) is 5.41 Å². The van der Waals surface area contributed by atoms with Crippen LogP contribution < -0.4 is 4.90 Å². The molecule has 1 aromatic rings. The van der Waals surface area contributed by atoms with Gasteiger partial charge in [-0.2, -0.15) is 0 Å². The molecule has 1 fully saturated rings. The second-order valence-corrected chi connectivity index (χ2v) is 5.85. The molecule has 1 heterocycles. The lowest BCUT2D eigenvalue weighted by atomic mass is 9.86. The first-order valence-corrected chi connectivity index (χ1v) is 6.67. The van der Waals surface area contributed by atoms with Gasteiger partial charge in [-0.3, -0.25) is 4.79 Å². The Hall–Kier alpha value is -1.58. The summed E-state index contributed by atoms with van der Waals surface area (Å²) in [5.41, 5.74) is 0.490. The Morgan fingerprint density at radius 1 is 1.37 bits per heavy atom. The van der Waals surface area contributed by atoms with Gasteiger partial charge in [0.05, 0.1) is 11.1 Å². The molecule has 4 heteroatoms. The zero-order chi connectivity index (χ0) is 14.0. The van der Waals surface area contributed by atoms with Crippen LogP contribution in [0.4, 0.5) is 10.1 Å². The Morgan fingerprint density at radius 2 is 2.00 bits per heavy atom. The fourth-order valence-corrected chi connectivity index (χ4v) is 2.46. The highest BCUT2D eigenvalue weighted by Gasteiger charge is 2.28. The van der Waals surface area contributed by atoms with E-state index < -0.39 is 11.4 Å². The molecule has 0 atom stereocenters. The van der Waals surface area contributed by atoms with Crippen LogP contribution in [0, 0.1) is 11.2 Å². The first-order chi connectivity index (χ1) is 8.90. The highest BCUT2D eigenvalue weighted by Crippen LogP contribution is 2.27. The van der Waals surface area contributed by atoms with E-state index in [2.05, 4.69) is 0 Å². The first-order valence-electron chi connectivity index (χ1n) is 6.67. The van der Waals surface area contributed by atoms with E-state index in [0.717, 1.165) is 31.5 Å². The monoisotopic (exact) mass is 265 g/mol. The SMILES string of the molecule is CC(C)(Cc1ccc(N2CCCC2)c(F)c1)C(=O)O. The highest BCUT2D eigenvalue weighted by atomic mass is 19.1. The number of halogens is 1. The molecule has 19 heavy (non-hydrogen) atoms. The standard InChI is InChI=1S/C15H20FNO2/c1-15(2,14(18)19)10-11-5-6-13(12(16)9-11)17-7-3-4-8-17/h5-6,9H,3-4,7-8,10H2,1-2H3,(H,18,19). The lowest BCUT2D eigenvalue weighted by molar-refractivity contribution is -0.146. The van der Waals surface area contributed by atoms with Gasteiger partial charge >= 0.3 is 5.97 Å². The predicted molar refractivity (Wildman–Crippen MR) is 73.0 cm³/mol. The van der Waals surface area contributed by atoms with E-state index in [1.165, 1.54) is 6.07 Å². The second-order valence-electron chi connectivity index (χ2n) is 5.85. The van der Waals surface area contributed by atoms with Gasteiger partial charge in [-0.05, 0) is 50.8 Å². The van der Waals surface area contributed by atoms with Crippen molar-refractivity contribution < 1.29 is 14.3 Å². The van der Waals surface area contributed by atoms with E-state index in [0.29, 0.717) is 12.1 Å². The molecule has 0 unspecified atom stereocenters. The Kier molecular flexibility index (Phi) is 3.78. The minimum Gasteiger partial charge on any atom is -0.481 e. The number of carboxylic acids is 1. The molecule has 104 valence electrons. The molecule has 1 aliphatic rings. The molecule has 0 saturated carbocycles. The van der Waals surface area contributed by atoms with Crippen molar-refractivity contribution in [3.05, 3.63) is 29.6 Å². The summed E-state index contributed by atoms with van der Waals surface area (Å²) in [6, 6.07) is 5.08. The number of carboxylic acid groups (broad SMARTS) is 1. The molecule has 0 bridgehead atoms. The largest absolute Gasteiger partial charge is 0.481 e. The lowest BCUT2D eigenvalue weighted by Crippen LogP contribution is -2.26. The van der Waals surface area contributed by atoms with Crippen LogP contribution >= 0.6 is 0 Å². The number of anilines is 1. The van der Waals surface area contributed by atoms with Crippen molar-refractivity contribution in [2.45, 2.75) is 33.1 Å². The van der Waals surface area contributed by atoms with Gasteiger partial charge in [-0.15, -0.1) is 0 Å². The molecule has 1 aromatic carbocycles. The summed E-state index contributed by atoms with van der Waals surface area (Å²) in [7, 11) is 0. The molecule has 0 aromatic heterocycles. The third-order valence-electron chi connectivity index (χ3n) is 3.68. The summed E-state index contributed by atoms with van der Waals surface area (Å²) in [5.74, 6) is -1.11. The van der Waals surface area contributed by atoms with Crippen LogP contribution in [0.3, 0.4) is 0 Å². The number of aliphatic carboxylic acids is 1. The van der Waals surface area contributed by atoms with E-state index in [-0.39, 0.29) is 5.82 Å². The summed E-state index contributed by atoms with van der Waals surface area (Å²) in [4.78, 5) is 13.1. The van der Waals surface area contributed by atoms with Crippen LogP contribution in [0.5, 0.6) is 0 Å². The minimum absolute atomic E-state index is 0.249. The molecule has 1 N–H and O–H groups in total. The molecule has 3 nitrogen and oxygen atoms in total. The van der Waals surface area contributed by atoms with Gasteiger partial charge in [-0.1, -0.05) is 6.07 Å². The van der Waals surface area contributed by atoms with Crippen LogP contribution in [0.2, 0.25) is 0 Å². The van der Waals surface area contributed by atoms with Crippen molar-refractivity contribution in [3.63, 3.8) is 0 Å². The van der Waals surface area contributed by atoms with Gasteiger partial charge < -0.3 is 10.0 Å². The van der Waals surface area contributed by atoms with Crippen LogP contribution in [0.1, 0.15) is 32.3 Å². The third-order valence-corrected chi connectivity index (χ3v) is 3.68. The van der Waals surface area contributed by atoms with Gasteiger partial charge in [-0.25, -0.2) is 4.39 Å². The summed E-state index contributed by atoms with van der Waals surface area (Å²) in [6.45, 7) is 5.11. The highest BCUT2D eigenvalue weighted by molar-refractivity contribution is 5.74. The average Bonchev–Trinajstić information content (AvgIpc) is 2.81. The van der Waals surface area contributed by atoms with E-state index in [9.17, 15) is 9.18 Å². The molecular weight excluding hydrogens is 245 g/mol. The lowest BCUT2D eigenvalue weighted by Gasteiger charge is -2.21. The molecular formula is C15H20FNO2. The summed E-state index contributed by atoms with van der Waals surface area (Å²) in [6.07, 6.45) is 2.54. The van der Waals surface area contributed by atoms with Gasteiger partial charge in [0.25, 0.3) is 0 Å². The predicted octanol–water partition coefficient (Wildman–Crippen LogP) is 3.08. The van der Waals surface area contributed by atoms with E-state index in [4.69, 9.17) is 5.11 Å². The Bertz CT molecular complexity index is 479. The Balaban J connectivity index is 2.17. The van der Waals surface area contributed by atoms with Gasteiger partial charge in [0.15, 0.2) is 0 Å². The number of benzene rings is 1. The van der Waals surface area contributed by atoms with E-state index in [1.807, 2.05) is 11.0 Å². The van der Waals surface area contributed by atoms with Crippen LogP contribution in [0.15, 0.2) is 18.2 Å². The number of nitrogens with zero attached hydrogens (tertiary/aromatic N) is 1.